The van der Waals surface area contributed by atoms with Gasteiger partial charge in [-0.15, -0.1) is 0 Å². The summed E-state index contributed by atoms with van der Waals surface area (Å²) >= 11 is 0. The molecule has 138 valence electrons. The van der Waals surface area contributed by atoms with Crippen LogP contribution in [0, 0.1) is 5.41 Å². The minimum atomic E-state index is -4.42. The Morgan fingerprint density at radius 1 is 1.07 bits per heavy atom. The second kappa shape index (κ2) is 5.87. The first-order chi connectivity index (χ1) is 12.8. The second-order valence-electron chi connectivity index (χ2n) is 6.28. The summed E-state index contributed by atoms with van der Waals surface area (Å²) in [6, 6.07) is 12.0. The van der Waals surface area contributed by atoms with E-state index in [0.29, 0.717) is 11.5 Å². The van der Waals surface area contributed by atoms with E-state index in [1.165, 1.54) is 17.0 Å². The number of rotatable bonds is 2. The van der Waals surface area contributed by atoms with E-state index in [9.17, 15) is 18.3 Å². The Bertz CT molecular complexity index is 1080. The number of hydrogen-bond acceptors (Lipinski definition) is 3. The highest BCUT2D eigenvalue weighted by Gasteiger charge is 2.34. The van der Waals surface area contributed by atoms with Crippen LogP contribution in [0.25, 0.3) is 16.6 Å². The van der Waals surface area contributed by atoms with Gasteiger partial charge in [0.15, 0.2) is 0 Å². The van der Waals surface area contributed by atoms with Crippen molar-refractivity contribution in [1.29, 1.82) is 5.41 Å². The number of aryl methyl sites for hydroxylation is 1. The molecule has 0 aliphatic carbocycles. The highest BCUT2D eigenvalue weighted by Crippen LogP contribution is 2.34. The van der Waals surface area contributed by atoms with Gasteiger partial charge in [0.2, 0.25) is 0 Å². The normalized spacial score (nSPS) is 15.3. The molecular weight excluding hydrogens is 357 g/mol. The Hall–Kier alpha value is -3.29. The SMILES string of the molecule is Cn1c(C2=C(O)CN(c3ccc(C(F)(F)F)cc3)C2=N)nc2ccccc21. The van der Waals surface area contributed by atoms with Gasteiger partial charge in [-0.1, -0.05) is 12.1 Å². The lowest BCUT2D eigenvalue weighted by Gasteiger charge is -2.19. The number of imidazole rings is 1. The number of aliphatic hydroxyl groups excluding tert-OH is 1. The highest BCUT2D eigenvalue weighted by molar-refractivity contribution is 6.30. The van der Waals surface area contributed by atoms with Crippen molar-refractivity contribution >= 4 is 28.1 Å². The maximum atomic E-state index is 12.7. The maximum Gasteiger partial charge on any atom is 0.416 e. The first-order valence-corrected chi connectivity index (χ1v) is 8.15. The van der Waals surface area contributed by atoms with Crippen molar-refractivity contribution in [2.75, 3.05) is 11.4 Å². The molecule has 0 fully saturated rings. The zero-order chi connectivity index (χ0) is 19.3. The number of aliphatic hydroxyl groups is 1. The van der Waals surface area contributed by atoms with Crippen molar-refractivity contribution in [2.24, 2.45) is 7.05 Å². The summed E-state index contributed by atoms with van der Waals surface area (Å²) in [7, 11) is 1.79. The van der Waals surface area contributed by atoms with Crippen LogP contribution in [0.2, 0.25) is 0 Å². The summed E-state index contributed by atoms with van der Waals surface area (Å²) in [5.74, 6) is 0.386. The molecule has 1 aliphatic rings. The van der Waals surface area contributed by atoms with Crippen molar-refractivity contribution in [3.05, 3.63) is 65.7 Å². The molecule has 0 unspecified atom stereocenters. The van der Waals surface area contributed by atoms with E-state index in [1.54, 1.807) is 11.6 Å². The van der Waals surface area contributed by atoms with Crippen LogP contribution in [-0.4, -0.2) is 27.0 Å². The van der Waals surface area contributed by atoms with Crippen molar-refractivity contribution < 1.29 is 18.3 Å². The monoisotopic (exact) mass is 372 g/mol. The maximum absolute atomic E-state index is 12.7. The molecule has 2 heterocycles. The van der Waals surface area contributed by atoms with Crippen LogP contribution < -0.4 is 4.90 Å². The zero-order valence-electron chi connectivity index (χ0n) is 14.2. The van der Waals surface area contributed by atoms with Gasteiger partial charge in [-0.2, -0.15) is 13.2 Å². The van der Waals surface area contributed by atoms with Crippen LogP contribution >= 0.6 is 0 Å². The first kappa shape index (κ1) is 17.1. The van der Waals surface area contributed by atoms with E-state index in [-0.39, 0.29) is 23.7 Å². The number of fused-ring (bicyclic) bond motifs is 1. The Morgan fingerprint density at radius 2 is 1.74 bits per heavy atom. The number of anilines is 1. The van der Waals surface area contributed by atoms with E-state index in [2.05, 4.69) is 4.98 Å². The molecule has 0 radical (unpaired) electrons. The molecule has 2 aromatic carbocycles. The van der Waals surface area contributed by atoms with Gasteiger partial charge in [-0.05, 0) is 36.4 Å². The van der Waals surface area contributed by atoms with Gasteiger partial charge in [0.05, 0.1) is 28.7 Å². The molecule has 0 spiro atoms. The quantitative estimate of drug-likeness (QED) is 0.703. The molecule has 3 aromatic rings. The van der Waals surface area contributed by atoms with Crippen LogP contribution in [-0.2, 0) is 13.2 Å². The largest absolute Gasteiger partial charge is 0.509 e. The summed E-state index contributed by atoms with van der Waals surface area (Å²) in [6.07, 6.45) is -4.42. The van der Waals surface area contributed by atoms with E-state index >= 15 is 0 Å². The summed E-state index contributed by atoms with van der Waals surface area (Å²) in [4.78, 5) is 5.95. The molecule has 1 aliphatic heterocycles. The highest BCUT2D eigenvalue weighted by atomic mass is 19.4. The number of alkyl halides is 3. The fraction of sp³-hybridized carbons (Fsp3) is 0.158. The first-order valence-electron chi connectivity index (χ1n) is 8.15. The van der Waals surface area contributed by atoms with E-state index < -0.39 is 11.7 Å². The smallest absolute Gasteiger partial charge is 0.416 e. The summed E-state index contributed by atoms with van der Waals surface area (Å²) in [6.45, 7) is 0.00271. The minimum absolute atomic E-state index is 0.00271. The Labute approximate surface area is 152 Å². The lowest BCUT2D eigenvalue weighted by atomic mass is 10.2. The molecular formula is C19H15F3N4O. The van der Waals surface area contributed by atoms with Crippen LogP contribution in [0.1, 0.15) is 11.4 Å². The number of para-hydroxylation sites is 2. The zero-order valence-corrected chi connectivity index (χ0v) is 14.2. The topological polar surface area (TPSA) is 65.1 Å². The van der Waals surface area contributed by atoms with E-state index in [4.69, 9.17) is 5.41 Å². The summed E-state index contributed by atoms with van der Waals surface area (Å²) in [5.41, 5.74) is 1.50. The van der Waals surface area contributed by atoms with Crippen molar-refractivity contribution in [2.45, 2.75) is 6.18 Å². The van der Waals surface area contributed by atoms with Crippen molar-refractivity contribution in [3.63, 3.8) is 0 Å². The van der Waals surface area contributed by atoms with Crippen LogP contribution in [0.15, 0.2) is 54.3 Å². The number of benzene rings is 2. The van der Waals surface area contributed by atoms with Crippen molar-refractivity contribution in [3.8, 4) is 0 Å². The van der Waals surface area contributed by atoms with Gasteiger partial charge >= 0.3 is 6.18 Å². The van der Waals surface area contributed by atoms with Crippen LogP contribution in [0.4, 0.5) is 18.9 Å². The molecule has 0 bridgehead atoms. The average molecular weight is 372 g/mol. The average Bonchev–Trinajstić information content (AvgIpc) is 3.11. The summed E-state index contributed by atoms with van der Waals surface area (Å²) < 4.78 is 40.0. The number of amidine groups is 1. The molecule has 0 saturated carbocycles. The number of nitrogens with zero attached hydrogens (tertiary/aromatic N) is 3. The third-order valence-electron chi connectivity index (χ3n) is 4.62. The molecule has 4 rings (SSSR count). The van der Waals surface area contributed by atoms with Gasteiger partial charge in [0, 0.05) is 12.7 Å². The Balaban J connectivity index is 1.70. The summed E-state index contributed by atoms with van der Waals surface area (Å²) in [5, 5.41) is 18.9. The molecule has 1 aromatic heterocycles. The standard InChI is InChI=1S/C19H15F3N4O/c1-25-14-5-3-2-4-13(14)24-18(25)16-15(27)10-26(17(16)23)12-8-6-11(7-9-12)19(20,21)22/h2-9,23,27H,10H2,1H3. The van der Waals surface area contributed by atoms with Crippen molar-refractivity contribution in [1.82, 2.24) is 9.55 Å². The minimum Gasteiger partial charge on any atom is -0.509 e. The molecule has 8 heteroatoms. The van der Waals surface area contributed by atoms with Gasteiger partial charge in [0.25, 0.3) is 0 Å². The van der Waals surface area contributed by atoms with Gasteiger partial charge < -0.3 is 14.6 Å². The third kappa shape index (κ3) is 2.73. The number of nitrogens with one attached hydrogen (secondary N) is 1. The number of halogens is 3. The second-order valence-corrected chi connectivity index (χ2v) is 6.28. The molecule has 0 amide bonds. The fourth-order valence-electron chi connectivity index (χ4n) is 3.23. The van der Waals surface area contributed by atoms with Crippen LogP contribution in [0.3, 0.4) is 0 Å². The predicted octanol–water partition coefficient (Wildman–Crippen LogP) is 4.36. The van der Waals surface area contributed by atoms with Gasteiger partial charge in [0.1, 0.15) is 17.4 Å². The lowest BCUT2D eigenvalue weighted by molar-refractivity contribution is -0.137. The number of aromatic nitrogens is 2. The predicted molar refractivity (Wildman–Crippen MR) is 96.8 cm³/mol. The lowest BCUT2D eigenvalue weighted by Crippen LogP contribution is -2.26. The van der Waals surface area contributed by atoms with E-state index in [1.807, 2.05) is 24.3 Å². The molecule has 2 N–H and O–H groups in total. The Kier molecular flexibility index (Phi) is 3.73. The molecule has 0 saturated heterocycles. The van der Waals surface area contributed by atoms with Crippen LogP contribution in [0.5, 0.6) is 0 Å². The molecule has 5 nitrogen and oxygen atoms in total. The van der Waals surface area contributed by atoms with Gasteiger partial charge in [-0.25, -0.2) is 4.98 Å². The van der Waals surface area contributed by atoms with E-state index in [0.717, 1.165) is 23.2 Å². The number of hydrogen-bond donors (Lipinski definition) is 2. The molecule has 0 atom stereocenters. The molecule has 27 heavy (non-hydrogen) atoms. The Morgan fingerprint density at radius 3 is 2.37 bits per heavy atom. The fourth-order valence-corrected chi connectivity index (χ4v) is 3.23. The third-order valence-corrected chi connectivity index (χ3v) is 4.62. The van der Waals surface area contributed by atoms with Gasteiger partial charge in [-0.3, -0.25) is 5.41 Å².